The normalized spacial score (nSPS) is 9.53. The second-order valence-electron chi connectivity index (χ2n) is 3.31. The van der Waals surface area contributed by atoms with Crippen molar-refractivity contribution in [2.75, 3.05) is 5.32 Å². The van der Waals surface area contributed by atoms with Crippen LogP contribution >= 0.6 is 28.3 Å². The fourth-order valence-corrected chi connectivity index (χ4v) is 1.53. The van der Waals surface area contributed by atoms with Gasteiger partial charge in [0.05, 0.1) is 4.47 Å². The number of nitrogens with one attached hydrogen (secondary N) is 1. The molecule has 1 N–H and O–H groups in total. The van der Waals surface area contributed by atoms with E-state index in [1.807, 2.05) is 30.3 Å². The molecule has 0 aliphatic heterocycles. The Kier molecular flexibility index (Phi) is 5.38. The SMILES string of the molecule is Cl.Fc1nc(NCc2ccccc2)ccc1Br. The van der Waals surface area contributed by atoms with Gasteiger partial charge in [0.25, 0.3) is 0 Å². The molecule has 0 bridgehead atoms. The number of rotatable bonds is 3. The van der Waals surface area contributed by atoms with Crippen LogP contribution in [0.25, 0.3) is 0 Å². The van der Waals surface area contributed by atoms with Crippen molar-refractivity contribution in [1.29, 1.82) is 0 Å². The van der Waals surface area contributed by atoms with Crippen molar-refractivity contribution in [3.8, 4) is 0 Å². The van der Waals surface area contributed by atoms with Gasteiger partial charge in [0.2, 0.25) is 5.95 Å². The molecule has 2 rings (SSSR count). The van der Waals surface area contributed by atoms with Crippen LogP contribution in [0, 0.1) is 5.95 Å². The van der Waals surface area contributed by atoms with Crippen LogP contribution in [0.5, 0.6) is 0 Å². The molecule has 1 heterocycles. The average molecular weight is 318 g/mol. The lowest BCUT2D eigenvalue weighted by Gasteiger charge is -2.05. The number of benzene rings is 1. The zero-order chi connectivity index (χ0) is 11.4. The number of hydrogen-bond donors (Lipinski definition) is 1. The number of hydrogen-bond acceptors (Lipinski definition) is 2. The molecule has 0 aliphatic carbocycles. The highest BCUT2D eigenvalue weighted by Gasteiger charge is 2.01. The minimum Gasteiger partial charge on any atom is -0.366 e. The molecule has 90 valence electrons. The summed E-state index contributed by atoms with van der Waals surface area (Å²) in [4.78, 5) is 3.76. The summed E-state index contributed by atoms with van der Waals surface area (Å²) in [6.07, 6.45) is 0. The highest BCUT2D eigenvalue weighted by Crippen LogP contribution is 2.16. The molecule has 2 aromatic rings. The van der Waals surface area contributed by atoms with Crippen LogP contribution < -0.4 is 5.32 Å². The maximum Gasteiger partial charge on any atom is 0.229 e. The Morgan fingerprint density at radius 3 is 2.47 bits per heavy atom. The lowest BCUT2D eigenvalue weighted by atomic mass is 10.2. The van der Waals surface area contributed by atoms with Gasteiger partial charge in [-0.1, -0.05) is 30.3 Å². The second kappa shape index (κ2) is 6.57. The fourth-order valence-electron chi connectivity index (χ4n) is 1.30. The van der Waals surface area contributed by atoms with E-state index in [1.54, 1.807) is 12.1 Å². The minimum atomic E-state index is -0.502. The van der Waals surface area contributed by atoms with Gasteiger partial charge in [-0.2, -0.15) is 4.39 Å². The number of nitrogens with zero attached hydrogens (tertiary/aromatic N) is 1. The zero-order valence-electron chi connectivity index (χ0n) is 8.86. The molecule has 0 amide bonds. The maximum atomic E-state index is 13.1. The highest BCUT2D eigenvalue weighted by molar-refractivity contribution is 9.10. The first-order valence-corrected chi connectivity index (χ1v) is 5.65. The predicted molar refractivity (Wildman–Crippen MR) is 72.9 cm³/mol. The molecule has 0 atom stereocenters. The quantitative estimate of drug-likeness (QED) is 0.865. The summed E-state index contributed by atoms with van der Waals surface area (Å²) in [7, 11) is 0. The molecule has 0 saturated heterocycles. The second-order valence-corrected chi connectivity index (χ2v) is 4.16. The Morgan fingerprint density at radius 1 is 1.12 bits per heavy atom. The summed E-state index contributed by atoms with van der Waals surface area (Å²) in [5.41, 5.74) is 1.13. The molecule has 2 nitrogen and oxygen atoms in total. The molecular weight excluding hydrogens is 307 g/mol. The largest absolute Gasteiger partial charge is 0.366 e. The van der Waals surface area contributed by atoms with Crippen molar-refractivity contribution < 1.29 is 4.39 Å². The van der Waals surface area contributed by atoms with E-state index in [2.05, 4.69) is 26.2 Å². The summed E-state index contributed by atoms with van der Waals surface area (Å²) in [5, 5.41) is 3.06. The van der Waals surface area contributed by atoms with Gasteiger partial charge in [-0.05, 0) is 33.6 Å². The molecule has 0 saturated carbocycles. The predicted octanol–water partition coefficient (Wildman–Crippen LogP) is 4.02. The zero-order valence-corrected chi connectivity index (χ0v) is 11.3. The summed E-state index contributed by atoms with van der Waals surface area (Å²) >= 11 is 3.06. The topological polar surface area (TPSA) is 24.9 Å². The van der Waals surface area contributed by atoms with Crippen LogP contribution in [-0.4, -0.2) is 4.98 Å². The summed E-state index contributed by atoms with van der Waals surface area (Å²) < 4.78 is 13.5. The first kappa shape index (κ1) is 13.9. The van der Waals surface area contributed by atoms with Crippen LogP contribution in [0.4, 0.5) is 10.2 Å². The molecule has 0 unspecified atom stereocenters. The van der Waals surface area contributed by atoms with Crippen molar-refractivity contribution in [1.82, 2.24) is 4.98 Å². The molecule has 0 fully saturated rings. The van der Waals surface area contributed by atoms with Gasteiger partial charge in [0, 0.05) is 6.54 Å². The third-order valence-corrected chi connectivity index (χ3v) is 2.71. The van der Waals surface area contributed by atoms with E-state index in [4.69, 9.17) is 0 Å². The van der Waals surface area contributed by atoms with E-state index in [0.29, 0.717) is 16.8 Å². The monoisotopic (exact) mass is 316 g/mol. The summed E-state index contributed by atoms with van der Waals surface area (Å²) in [6.45, 7) is 0.634. The van der Waals surface area contributed by atoms with Crippen LogP contribution in [0.2, 0.25) is 0 Å². The van der Waals surface area contributed by atoms with Gasteiger partial charge in [-0.3, -0.25) is 0 Å². The van der Waals surface area contributed by atoms with Crippen LogP contribution in [0.15, 0.2) is 46.9 Å². The molecular formula is C12H11BrClFN2. The minimum absolute atomic E-state index is 0. The maximum absolute atomic E-state index is 13.1. The lowest BCUT2D eigenvalue weighted by molar-refractivity contribution is 0.578. The number of pyridine rings is 1. The molecule has 0 spiro atoms. The Labute approximate surface area is 114 Å². The molecule has 1 aromatic heterocycles. The summed E-state index contributed by atoms with van der Waals surface area (Å²) in [6, 6.07) is 13.3. The van der Waals surface area contributed by atoms with Crippen molar-refractivity contribution in [3.05, 3.63) is 58.4 Å². The van der Waals surface area contributed by atoms with E-state index in [0.717, 1.165) is 5.56 Å². The Balaban J connectivity index is 0.00000144. The van der Waals surface area contributed by atoms with E-state index < -0.39 is 5.95 Å². The number of halogens is 3. The molecule has 0 aliphatic rings. The van der Waals surface area contributed by atoms with Gasteiger partial charge in [0.1, 0.15) is 5.82 Å². The first-order chi connectivity index (χ1) is 7.75. The fraction of sp³-hybridized carbons (Fsp3) is 0.0833. The highest BCUT2D eigenvalue weighted by atomic mass is 79.9. The van der Waals surface area contributed by atoms with Crippen molar-refractivity contribution >= 4 is 34.2 Å². The van der Waals surface area contributed by atoms with Crippen LogP contribution in [0.3, 0.4) is 0 Å². The Bertz CT molecular complexity index is 479. The molecule has 17 heavy (non-hydrogen) atoms. The van der Waals surface area contributed by atoms with E-state index in [9.17, 15) is 4.39 Å². The average Bonchev–Trinajstić information content (AvgIpc) is 2.32. The molecule has 0 radical (unpaired) electrons. The smallest absolute Gasteiger partial charge is 0.229 e. The van der Waals surface area contributed by atoms with Gasteiger partial charge in [-0.25, -0.2) is 4.98 Å². The van der Waals surface area contributed by atoms with Crippen LogP contribution in [-0.2, 0) is 6.54 Å². The molecule has 5 heteroatoms. The standard InChI is InChI=1S/C12H10BrFN2.ClH/c13-10-6-7-11(16-12(10)14)15-8-9-4-2-1-3-5-9;/h1-7H,8H2,(H,15,16);1H. The number of anilines is 1. The third kappa shape index (κ3) is 3.98. The van der Waals surface area contributed by atoms with E-state index >= 15 is 0 Å². The van der Waals surface area contributed by atoms with Crippen molar-refractivity contribution in [2.24, 2.45) is 0 Å². The molecule has 1 aromatic carbocycles. The summed E-state index contributed by atoms with van der Waals surface area (Å²) in [5.74, 6) is 0.0302. The van der Waals surface area contributed by atoms with Crippen molar-refractivity contribution in [3.63, 3.8) is 0 Å². The Morgan fingerprint density at radius 2 is 1.82 bits per heavy atom. The van der Waals surface area contributed by atoms with Crippen molar-refractivity contribution in [2.45, 2.75) is 6.54 Å². The number of aromatic nitrogens is 1. The van der Waals surface area contributed by atoms with E-state index in [1.165, 1.54) is 0 Å². The third-order valence-electron chi connectivity index (χ3n) is 2.12. The van der Waals surface area contributed by atoms with E-state index in [-0.39, 0.29) is 12.4 Å². The van der Waals surface area contributed by atoms with Crippen LogP contribution in [0.1, 0.15) is 5.56 Å². The van der Waals surface area contributed by atoms with Gasteiger partial charge >= 0.3 is 0 Å². The van der Waals surface area contributed by atoms with Gasteiger partial charge < -0.3 is 5.32 Å². The Hall–Kier alpha value is -1.13. The lowest BCUT2D eigenvalue weighted by Crippen LogP contribution is -2.02. The first-order valence-electron chi connectivity index (χ1n) is 4.85. The van der Waals surface area contributed by atoms with Gasteiger partial charge in [-0.15, -0.1) is 12.4 Å². The van der Waals surface area contributed by atoms with Gasteiger partial charge in [0.15, 0.2) is 0 Å².